The Morgan fingerprint density at radius 1 is 1.00 bits per heavy atom. The van der Waals surface area contributed by atoms with Crippen LogP contribution in [0.2, 0.25) is 5.02 Å². The van der Waals surface area contributed by atoms with Crippen molar-refractivity contribution in [1.29, 1.82) is 0 Å². The van der Waals surface area contributed by atoms with E-state index in [0.717, 1.165) is 0 Å². The first-order chi connectivity index (χ1) is 12.1. The van der Waals surface area contributed by atoms with Crippen molar-refractivity contribution in [3.8, 4) is 11.4 Å². The molecular formula is C18H10ClN3O3. The Morgan fingerprint density at radius 2 is 1.72 bits per heavy atom. The standard InChI is InChI=1S/C18H10ClN3O3/c19-12-8-6-11(7-9-12)17-20-13-14(18(24)21-17)22-25-16(13)15(23)10-4-2-1-3-5-10/h1-9H,(H,20,21,24). The molecular weight excluding hydrogens is 342 g/mol. The van der Waals surface area contributed by atoms with Gasteiger partial charge in [0, 0.05) is 16.1 Å². The molecule has 0 bridgehead atoms. The SMILES string of the molecule is O=C(c1ccccc1)c1onc2c(=O)[nH]c(-c3ccc(Cl)cc3)nc12. The maximum atomic E-state index is 12.6. The monoisotopic (exact) mass is 351 g/mol. The molecule has 0 amide bonds. The lowest BCUT2D eigenvalue weighted by Crippen LogP contribution is -2.10. The van der Waals surface area contributed by atoms with Gasteiger partial charge in [-0.1, -0.05) is 47.1 Å². The number of nitrogens with zero attached hydrogens (tertiary/aromatic N) is 2. The zero-order valence-corrected chi connectivity index (χ0v) is 13.4. The summed E-state index contributed by atoms with van der Waals surface area (Å²) in [5.41, 5.74) is 0.712. The molecule has 7 heteroatoms. The van der Waals surface area contributed by atoms with Gasteiger partial charge in [-0.3, -0.25) is 9.59 Å². The fraction of sp³-hybridized carbons (Fsp3) is 0. The van der Waals surface area contributed by atoms with Gasteiger partial charge in [0.15, 0.2) is 5.52 Å². The van der Waals surface area contributed by atoms with Crippen LogP contribution in [0.1, 0.15) is 16.1 Å². The average Bonchev–Trinajstić information content (AvgIpc) is 3.07. The first-order valence-electron chi connectivity index (χ1n) is 7.39. The summed E-state index contributed by atoms with van der Waals surface area (Å²) in [6, 6.07) is 15.4. The van der Waals surface area contributed by atoms with Gasteiger partial charge in [-0.2, -0.15) is 0 Å². The molecule has 6 nitrogen and oxygen atoms in total. The second kappa shape index (κ2) is 5.99. The molecule has 2 heterocycles. The van der Waals surface area contributed by atoms with Gasteiger partial charge in [-0.25, -0.2) is 4.98 Å². The lowest BCUT2D eigenvalue weighted by molar-refractivity contribution is 0.100. The smallest absolute Gasteiger partial charge is 0.281 e. The topological polar surface area (TPSA) is 88.9 Å². The van der Waals surface area contributed by atoms with E-state index in [9.17, 15) is 9.59 Å². The Kier molecular flexibility index (Phi) is 3.66. The molecule has 0 aliphatic carbocycles. The molecule has 0 aliphatic heterocycles. The molecule has 4 aromatic rings. The van der Waals surface area contributed by atoms with Crippen LogP contribution in [0.3, 0.4) is 0 Å². The summed E-state index contributed by atoms with van der Waals surface area (Å²) in [6.07, 6.45) is 0. The number of aromatic nitrogens is 3. The van der Waals surface area contributed by atoms with E-state index in [1.54, 1.807) is 54.6 Å². The highest BCUT2D eigenvalue weighted by Crippen LogP contribution is 2.22. The zero-order valence-electron chi connectivity index (χ0n) is 12.7. The lowest BCUT2D eigenvalue weighted by Gasteiger charge is -2.01. The highest BCUT2D eigenvalue weighted by Gasteiger charge is 2.22. The summed E-state index contributed by atoms with van der Waals surface area (Å²) in [7, 11) is 0. The molecule has 0 spiro atoms. The van der Waals surface area contributed by atoms with Gasteiger partial charge in [0.05, 0.1) is 0 Å². The molecule has 0 atom stereocenters. The second-order valence-electron chi connectivity index (χ2n) is 5.33. The first-order valence-corrected chi connectivity index (χ1v) is 7.76. The largest absolute Gasteiger partial charge is 0.349 e. The zero-order chi connectivity index (χ0) is 17.4. The van der Waals surface area contributed by atoms with Gasteiger partial charge in [0.25, 0.3) is 5.56 Å². The van der Waals surface area contributed by atoms with Crippen LogP contribution in [-0.2, 0) is 0 Å². The number of aromatic amines is 1. The molecule has 25 heavy (non-hydrogen) atoms. The quantitative estimate of drug-likeness (QED) is 0.571. The molecule has 0 radical (unpaired) electrons. The van der Waals surface area contributed by atoms with Crippen LogP contribution in [-0.4, -0.2) is 20.9 Å². The Balaban J connectivity index is 1.89. The first kappa shape index (κ1) is 15.3. The van der Waals surface area contributed by atoms with Crippen LogP contribution >= 0.6 is 11.6 Å². The number of rotatable bonds is 3. The third-order valence-corrected chi connectivity index (χ3v) is 3.95. The molecule has 122 valence electrons. The number of halogens is 1. The van der Waals surface area contributed by atoms with Crippen molar-refractivity contribution in [2.45, 2.75) is 0 Å². The van der Waals surface area contributed by atoms with Crippen LogP contribution in [0.25, 0.3) is 22.4 Å². The maximum absolute atomic E-state index is 12.6. The minimum Gasteiger partial charge on any atom is -0.349 e. The molecule has 2 aromatic carbocycles. The summed E-state index contributed by atoms with van der Waals surface area (Å²) < 4.78 is 5.12. The second-order valence-corrected chi connectivity index (χ2v) is 5.76. The van der Waals surface area contributed by atoms with Crippen LogP contribution in [0.5, 0.6) is 0 Å². The van der Waals surface area contributed by atoms with Crippen LogP contribution in [0.15, 0.2) is 63.9 Å². The Hall–Kier alpha value is -3.25. The molecule has 2 aromatic heterocycles. The van der Waals surface area contributed by atoms with Crippen LogP contribution in [0.4, 0.5) is 0 Å². The van der Waals surface area contributed by atoms with Gasteiger partial charge in [0.2, 0.25) is 11.5 Å². The van der Waals surface area contributed by atoms with Gasteiger partial charge in [-0.15, -0.1) is 0 Å². The molecule has 1 N–H and O–H groups in total. The number of carbonyl (C=O) groups is 1. The molecule has 0 saturated carbocycles. The Morgan fingerprint density at radius 3 is 2.44 bits per heavy atom. The predicted molar refractivity (Wildman–Crippen MR) is 92.7 cm³/mol. The van der Waals surface area contributed by atoms with E-state index in [2.05, 4.69) is 15.1 Å². The van der Waals surface area contributed by atoms with Crippen molar-refractivity contribution in [3.63, 3.8) is 0 Å². The fourth-order valence-corrected chi connectivity index (χ4v) is 2.58. The summed E-state index contributed by atoms with van der Waals surface area (Å²) in [6.45, 7) is 0. The number of nitrogens with one attached hydrogen (secondary N) is 1. The Labute approximate surface area is 146 Å². The summed E-state index contributed by atoms with van der Waals surface area (Å²) in [5, 5.41) is 4.26. The molecule has 4 rings (SSSR count). The normalized spacial score (nSPS) is 10.9. The van der Waals surface area contributed by atoms with E-state index in [1.807, 2.05) is 0 Å². The summed E-state index contributed by atoms with van der Waals surface area (Å²) in [5.74, 6) is -0.148. The van der Waals surface area contributed by atoms with E-state index in [1.165, 1.54) is 0 Å². The van der Waals surface area contributed by atoms with Gasteiger partial charge < -0.3 is 9.51 Å². The summed E-state index contributed by atoms with van der Waals surface area (Å²) in [4.78, 5) is 31.9. The molecule has 0 unspecified atom stereocenters. The average molecular weight is 352 g/mol. The van der Waals surface area contributed by atoms with Crippen LogP contribution in [0, 0.1) is 0 Å². The highest BCUT2D eigenvalue weighted by molar-refractivity contribution is 6.30. The summed E-state index contributed by atoms with van der Waals surface area (Å²) >= 11 is 5.88. The molecule has 0 saturated heterocycles. The van der Waals surface area contributed by atoms with Crippen molar-refractivity contribution < 1.29 is 9.32 Å². The number of hydrogen-bond acceptors (Lipinski definition) is 5. The number of H-pyrrole nitrogens is 1. The third kappa shape index (κ3) is 2.72. The van der Waals surface area contributed by atoms with E-state index in [4.69, 9.17) is 16.1 Å². The van der Waals surface area contributed by atoms with Crippen molar-refractivity contribution in [1.82, 2.24) is 15.1 Å². The van der Waals surface area contributed by atoms with Gasteiger partial charge in [0.1, 0.15) is 11.3 Å². The number of carbonyl (C=O) groups excluding carboxylic acids is 1. The van der Waals surface area contributed by atoms with Crippen molar-refractivity contribution >= 4 is 28.4 Å². The number of fused-ring (bicyclic) bond motifs is 1. The molecule has 0 aliphatic rings. The van der Waals surface area contributed by atoms with E-state index in [0.29, 0.717) is 22.0 Å². The van der Waals surface area contributed by atoms with E-state index < -0.39 is 5.56 Å². The number of benzene rings is 2. The minimum absolute atomic E-state index is 0.0167. The highest BCUT2D eigenvalue weighted by atomic mass is 35.5. The maximum Gasteiger partial charge on any atom is 0.281 e. The van der Waals surface area contributed by atoms with Crippen molar-refractivity contribution in [2.24, 2.45) is 0 Å². The molecule has 0 fully saturated rings. The van der Waals surface area contributed by atoms with Gasteiger partial charge >= 0.3 is 0 Å². The van der Waals surface area contributed by atoms with Gasteiger partial charge in [-0.05, 0) is 24.3 Å². The minimum atomic E-state index is -0.481. The third-order valence-electron chi connectivity index (χ3n) is 3.70. The lowest BCUT2D eigenvalue weighted by atomic mass is 10.1. The number of ketones is 1. The van der Waals surface area contributed by atoms with Crippen molar-refractivity contribution in [3.05, 3.63) is 81.3 Å². The van der Waals surface area contributed by atoms with Crippen molar-refractivity contribution in [2.75, 3.05) is 0 Å². The predicted octanol–water partition coefficient (Wildman–Crippen LogP) is 3.46. The van der Waals surface area contributed by atoms with Crippen LogP contribution < -0.4 is 5.56 Å². The fourth-order valence-electron chi connectivity index (χ4n) is 2.46. The van der Waals surface area contributed by atoms with E-state index >= 15 is 0 Å². The van der Waals surface area contributed by atoms with E-state index in [-0.39, 0.29) is 22.6 Å². The number of hydrogen-bond donors (Lipinski definition) is 1. The Bertz CT molecular complexity index is 1130.